The molecule has 0 spiro atoms. The van der Waals surface area contributed by atoms with Gasteiger partial charge in [0.1, 0.15) is 17.3 Å². The number of rotatable bonds is 4. The molecule has 1 N–H and O–H groups in total. The molecule has 0 unspecified atom stereocenters. The number of carbonyl (C=O) groups excluding carboxylic acids is 1. The van der Waals surface area contributed by atoms with Crippen molar-refractivity contribution in [1.82, 2.24) is 9.88 Å². The standard InChI is InChI=1S/C25H31N3O3/c1-17(2)19-7-9-20(10-8-19)25(30,21-11-18(12-26)13-27-14-21)24(6)15-28(16-24)22(29)31-23(3,4)5/h7-11,13-14,17,30H,15-16H2,1-6H3/t25-/m0/s1. The average molecular weight is 422 g/mol. The van der Waals surface area contributed by atoms with Gasteiger partial charge in [-0.05, 0) is 43.9 Å². The number of pyridine rings is 1. The van der Waals surface area contributed by atoms with E-state index in [0.717, 1.165) is 0 Å². The Kier molecular flexibility index (Phi) is 5.86. The first kappa shape index (κ1) is 22.8. The molecular weight excluding hydrogens is 390 g/mol. The molecule has 0 aliphatic carbocycles. The third-order valence-electron chi connectivity index (χ3n) is 5.89. The zero-order chi connectivity index (χ0) is 23.0. The number of nitrogens with zero attached hydrogens (tertiary/aromatic N) is 3. The second kappa shape index (κ2) is 7.97. The molecular formula is C25H31N3O3. The maximum atomic E-state index is 12.5. The minimum absolute atomic E-state index is 0.321. The van der Waals surface area contributed by atoms with Crippen molar-refractivity contribution in [1.29, 1.82) is 5.26 Å². The third kappa shape index (κ3) is 4.28. The molecule has 1 atom stereocenters. The van der Waals surface area contributed by atoms with E-state index in [2.05, 4.69) is 24.9 Å². The van der Waals surface area contributed by atoms with Crippen LogP contribution in [0.3, 0.4) is 0 Å². The quantitative estimate of drug-likeness (QED) is 0.781. The van der Waals surface area contributed by atoms with E-state index in [1.807, 2.05) is 52.0 Å². The van der Waals surface area contributed by atoms with Gasteiger partial charge in [-0.25, -0.2) is 4.79 Å². The number of carbonyl (C=O) groups is 1. The zero-order valence-electron chi connectivity index (χ0n) is 19.1. The minimum atomic E-state index is -1.43. The molecule has 1 amide bonds. The highest BCUT2D eigenvalue weighted by molar-refractivity contribution is 5.70. The van der Waals surface area contributed by atoms with Gasteiger partial charge in [0.25, 0.3) is 0 Å². The molecule has 6 heteroatoms. The average Bonchev–Trinajstić information content (AvgIpc) is 2.69. The lowest BCUT2D eigenvalue weighted by Gasteiger charge is -2.56. The first-order chi connectivity index (χ1) is 14.4. The smallest absolute Gasteiger partial charge is 0.410 e. The van der Waals surface area contributed by atoms with Crippen molar-refractivity contribution in [3.8, 4) is 6.07 Å². The Morgan fingerprint density at radius 2 is 1.81 bits per heavy atom. The maximum Gasteiger partial charge on any atom is 0.410 e. The molecule has 1 aliphatic heterocycles. The first-order valence-corrected chi connectivity index (χ1v) is 10.6. The van der Waals surface area contributed by atoms with Gasteiger partial charge in [-0.3, -0.25) is 4.98 Å². The second-order valence-corrected chi connectivity index (χ2v) is 9.96. The fourth-order valence-corrected chi connectivity index (χ4v) is 4.15. The summed E-state index contributed by atoms with van der Waals surface area (Å²) < 4.78 is 5.49. The lowest BCUT2D eigenvalue weighted by atomic mass is 9.62. The molecule has 1 fully saturated rings. The Morgan fingerprint density at radius 1 is 1.19 bits per heavy atom. The predicted molar refractivity (Wildman–Crippen MR) is 118 cm³/mol. The van der Waals surface area contributed by atoms with Crippen LogP contribution in [0.4, 0.5) is 4.79 Å². The zero-order valence-corrected chi connectivity index (χ0v) is 19.1. The molecule has 1 aromatic carbocycles. The van der Waals surface area contributed by atoms with Crippen LogP contribution in [-0.2, 0) is 10.3 Å². The molecule has 2 heterocycles. The monoisotopic (exact) mass is 421 g/mol. The van der Waals surface area contributed by atoms with Crippen LogP contribution in [0, 0.1) is 16.7 Å². The summed E-state index contributed by atoms with van der Waals surface area (Å²) in [4.78, 5) is 18.3. The molecule has 0 bridgehead atoms. The molecule has 3 rings (SSSR count). The van der Waals surface area contributed by atoms with Gasteiger partial charge in [-0.1, -0.05) is 45.0 Å². The largest absolute Gasteiger partial charge is 0.444 e. The van der Waals surface area contributed by atoms with Gasteiger partial charge >= 0.3 is 6.09 Å². The number of likely N-dealkylation sites (tertiary alicyclic amines) is 1. The highest BCUT2D eigenvalue weighted by Crippen LogP contribution is 2.50. The van der Waals surface area contributed by atoms with E-state index in [4.69, 9.17) is 4.74 Å². The van der Waals surface area contributed by atoms with Gasteiger partial charge < -0.3 is 14.7 Å². The van der Waals surface area contributed by atoms with E-state index in [1.54, 1.807) is 17.2 Å². The summed E-state index contributed by atoms with van der Waals surface area (Å²) in [6.07, 6.45) is 2.67. The molecule has 1 aliphatic rings. The van der Waals surface area contributed by atoms with Gasteiger partial charge in [0.05, 0.1) is 5.56 Å². The number of ether oxygens (including phenoxy) is 1. The summed E-state index contributed by atoms with van der Waals surface area (Å²) in [5.41, 5.74) is 0.0953. The Hall–Kier alpha value is -2.91. The number of benzene rings is 1. The third-order valence-corrected chi connectivity index (χ3v) is 5.89. The summed E-state index contributed by atoms with van der Waals surface area (Å²) in [5.74, 6) is 0.368. The number of hydrogen-bond acceptors (Lipinski definition) is 5. The van der Waals surface area contributed by atoms with E-state index in [9.17, 15) is 15.2 Å². The van der Waals surface area contributed by atoms with Crippen molar-refractivity contribution >= 4 is 6.09 Å². The predicted octanol–water partition coefficient (Wildman–Crippen LogP) is 4.57. The molecule has 1 aromatic heterocycles. The van der Waals surface area contributed by atoms with Crippen LogP contribution in [0.5, 0.6) is 0 Å². The Morgan fingerprint density at radius 3 is 2.32 bits per heavy atom. The topological polar surface area (TPSA) is 86.5 Å². The lowest BCUT2D eigenvalue weighted by molar-refractivity contribution is -0.131. The Balaban J connectivity index is 2.01. The molecule has 164 valence electrons. The molecule has 31 heavy (non-hydrogen) atoms. The number of aromatic nitrogens is 1. The minimum Gasteiger partial charge on any atom is -0.444 e. The normalized spacial score (nSPS) is 17.5. The highest BCUT2D eigenvalue weighted by Gasteiger charge is 2.58. The van der Waals surface area contributed by atoms with Crippen LogP contribution in [-0.4, -0.2) is 39.8 Å². The Bertz CT molecular complexity index is 996. The van der Waals surface area contributed by atoms with Crippen molar-refractivity contribution in [3.63, 3.8) is 0 Å². The molecule has 2 aromatic rings. The molecule has 1 saturated heterocycles. The van der Waals surface area contributed by atoms with E-state index < -0.39 is 22.7 Å². The van der Waals surface area contributed by atoms with E-state index >= 15 is 0 Å². The summed E-state index contributed by atoms with van der Waals surface area (Å²) in [5, 5.41) is 21.5. The van der Waals surface area contributed by atoms with Crippen LogP contribution >= 0.6 is 0 Å². The summed E-state index contributed by atoms with van der Waals surface area (Å²) in [7, 11) is 0. The fraction of sp³-hybridized carbons (Fsp3) is 0.480. The molecule has 0 saturated carbocycles. The van der Waals surface area contributed by atoms with Crippen molar-refractivity contribution in [3.05, 3.63) is 65.0 Å². The van der Waals surface area contributed by atoms with E-state index in [-0.39, 0.29) is 0 Å². The van der Waals surface area contributed by atoms with Gasteiger partial charge in [0, 0.05) is 36.5 Å². The van der Waals surface area contributed by atoms with Gasteiger partial charge in [-0.2, -0.15) is 5.26 Å². The molecule has 0 radical (unpaired) electrons. The van der Waals surface area contributed by atoms with E-state index in [0.29, 0.717) is 35.7 Å². The first-order valence-electron chi connectivity index (χ1n) is 10.6. The maximum absolute atomic E-state index is 12.5. The van der Waals surface area contributed by atoms with Crippen LogP contribution in [0.1, 0.15) is 69.7 Å². The highest BCUT2D eigenvalue weighted by atomic mass is 16.6. The van der Waals surface area contributed by atoms with Crippen LogP contribution in [0.15, 0.2) is 42.7 Å². The van der Waals surface area contributed by atoms with Crippen LogP contribution in [0.25, 0.3) is 0 Å². The number of nitriles is 1. The number of hydrogen-bond donors (Lipinski definition) is 1. The SMILES string of the molecule is CC(C)c1ccc([C@](O)(c2cncc(C#N)c2)C2(C)CN(C(=O)OC(C)(C)C)C2)cc1. The van der Waals surface area contributed by atoms with Gasteiger partial charge in [0.2, 0.25) is 0 Å². The van der Waals surface area contributed by atoms with Crippen molar-refractivity contribution < 1.29 is 14.6 Å². The fourth-order valence-electron chi connectivity index (χ4n) is 4.15. The van der Waals surface area contributed by atoms with Crippen molar-refractivity contribution in [2.75, 3.05) is 13.1 Å². The van der Waals surface area contributed by atoms with Crippen LogP contribution < -0.4 is 0 Å². The molecule has 6 nitrogen and oxygen atoms in total. The lowest BCUT2D eigenvalue weighted by Crippen LogP contribution is -2.66. The second-order valence-electron chi connectivity index (χ2n) is 9.96. The number of amides is 1. The van der Waals surface area contributed by atoms with E-state index in [1.165, 1.54) is 11.8 Å². The summed E-state index contributed by atoms with van der Waals surface area (Å²) in [6.45, 7) is 12.3. The Labute approximate surface area is 184 Å². The van der Waals surface area contributed by atoms with Crippen LogP contribution in [0.2, 0.25) is 0 Å². The van der Waals surface area contributed by atoms with Gasteiger partial charge in [-0.15, -0.1) is 0 Å². The summed E-state index contributed by atoms with van der Waals surface area (Å²) >= 11 is 0. The number of aliphatic hydroxyl groups is 1. The van der Waals surface area contributed by atoms with Gasteiger partial charge in [0.15, 0.2) is 0 Å². The summed E-state index contributed by atoms with van der Waals surface area (Å²) in [6, 6.07) is 11.6. The van der Waals surface area contributed by atoms with Crippen molar-refractivity contribution in [2.45, 2.75) is 58.7 Å². The van der Waals surface area contributed by atoms with Crippen molar-refractivity contribution in [2.24, 2.45) is 5.41 Å².